The van der Waals surface area contributed by atoms with E-state index in [2.05, 4.69) is 19.8 Å². The summed E-state index contributed by atoms with van der Waals surface area (Å²) in [5.74, 6) is -1.58. The fourth-order valence-electron chi connectivity index (χ4n) is 1.74. The number of anilines is 1. The number of carbonyl (C=O) groups excluding carboxylic acids is 1. The number of nitrogens with zero attached hydrogens (tertiary/aromatic N) is 1. The van der Waals surface area contributed by atoms with Gasteiger partial charge in [0.05, 0.1) is 5.56 Å². The summed E-state index contributed by atoms with van der Waals surface area (Å²) < 4.78 is 46.9. The van der Waals surface area contributed by atoms with E-state index in [0.29, 0.717) is 0 Å². The lowest BCUT2D eigenvalue weighted by molar-refractivity contribution is -0.286. The number of aromatic nitrogens is 1. The van der Waals surface area contributed by atoms with Crippen LogP contribution >= 0.6 is 0 Å². The Hall–Kier alpha value is -2.77. The van der Waals surface area contributed by atoms with Gasteiger partial charge >= 0.3 is 6.29 Å². The third kappa shape index (κ3) is 2.73. The zero-order valence-electron chi connectivity index (χ0n) is 10.3. The van der Waals surface area contributed by atoms with Crippen LogP contribution in [0.2, 0.25) is 0 Å². The Morgan fingerprint density at radius 1 is 1.14 bits per heavy atom. The summed E-state index contributed by atoms with van der Waals surface area (Å²) in [5.41, 5.74) is 0.351. The molecule has 0 fully saturated rings. The van der Waals surface area contributed by atoms with E-state index in [9.17, 15) is 18.0 Å². The molecule has 0 spiro atoms. The van der Waals surface area contributed by atoms with E-state index in [1.54, 1.807) is 0 Å². The van der Waals surface area contributed by atoms with Crippen molar-refractivity contribution in [2.45, 2.75) is 6.29 Å². The second kappa shape index (κ2) is 4.65. The van der Waals surface area contributed by atoms with Crippen LogP contribution in [0.3, 0.4) is 0 Å². The molecule has 5 nitrogen and oxygen atoms in total. The lowest BCUT2D eigenvalue weighted by Crippen LogP contribution is -2.25. The van der Waals surface area contributed by atoms with Crippen molar-refractivity contribution in [1.82, 2.24) is 4.98 Å². The van der Waals surface area contributed by atoms with Gasteiger partial charge in [-0.25, -0.2) is 4.98 Å². The first kappa shape index (κ1) is 13.2. The maximum atomic E-state index is 12.9. The molecule has 0 saturated carbocycles. The Morgan fingerprint density at radius 3 is 2.62 bits per heavy atom. The molecule has 0 bridgehead atoms. The molecule has 0 radical (unpaired) electrons. The number of nitrogens with one attached hydrogen (secondary N) is 1. The lowest BCUT2D eigenvalue weighted by Gasteiger charge is -2.05. The Kier molecular flexibility index (Phi) is 2.93. The van der Waals surface area contributed by atoms with Crippen molar-refractivity contribution in [3.63, 3.8) is 0 Å². The largest absolute Gasteiger partial charge is 0.586 e. The lowest BCUT2D eigenvalue weighted by atomic mass is 10.2. The number of amides is 1. The van der Waals surface area contributed by atoms with E-state index in [1.807, 2.05) is 0 Å². The average molecular weight is 296 g/mol. The second-order valence-electron chi connectivity index (χ2n) is 4.15. The normalized spacial score (nSPS) is 14.8. The number of fused-ring (bicyclic) bond motifs is 1. The summed E-state index contributed by atoms with van der Waals surface area (Å²) in [6.07, 6.45) is -2.66. The quantitative estimate of drug-likeness (QED) is 0.866. The van der Waals surface area contributed by atoms with E-state index in [-0.39, 0.29) is 22.7 Å². The molecule has 2 aromatic rings. The molecule has 108 valence electrons. The summed E-state index contributed by atoms with van der Waals surface area (Å²) >= 11 is 0. The molecule has 0 atom stereocenters. The van der Waals surface area contributed by atoms with Crippen molar-refractivity contribution in [3.8, 4) is 11.5 Å². The van der Waals surface area contributed by atoms with Crippen LogP contribution in [0, 0.1) is 5.95 Å². The van der Waals surface area contributed by atoms with Crippen LogP contribution in [-0.2, 0) is 0 Å². The predicted molar refractivity (Wildman–Crippen MR) is 64.8 cm³/mol. The molecule has 8 heteroatoms. The Morgan fingerprint density at radius 2 is 1.90 bits per heavy atom. The summed E-state index contributed by atoms with van der Waals surface area (Å²) in [6, 6.07) is 6.10. The third-order valence-corrected chi connectivity index (χ3v) is 2.65. The van der Waals surface area contributed by atoms with Gasteiger partial charge in [-0.2, -0.15) is 4.39 Å². The number of hydrogen-bond acceptors (Lipinski definition) is 4. The van der Waals surface area contributed by atoms with Gasteiger partial charge in [0.1, 0.15) is 0 Å². The van der Waals surface area contributed by atoms with E-state index in [0.717, 1.165) is 12.3 Å². The van der Waals surface area contributed by atoms with Crippen molar-refractivity contribution < 1.29 is 27.4 Å². The summed E-state index contributed by atoms with van der Waals surface area (Å²) in [5, 5.41) is 2.45. The molecule has 2 heterocycles. The van der Waals surface area contributed by atoms with Gasteiger partial charge in [-0.05, 0) is 24.3 Å². The molecule has 1 aliphatic heterocycles. The highest BCUT2D eigenvalue weighted by Crippen LogP contribution is 2.42. The van der Waals surface area contributed by atoms with Gasteiger partial charge in [0.15, 0.2) is 11.5 Å². The molecule has 1 aliphatic rings. The van der Waals surface area contributed by atoms with E-state index < -0.39 is 18.1 Å². The Balaban J connectivity index is 1.77. The minimum absolute atomic E-state index is 0.124. The number of rotatable bonds is 2. The highest BCUT2D eigenvalue weighted by molar-refractivity contribution is 6.04. The number of hydrogen-bond donors (Lipinski definition) is 1. The van der Waals surface area contributed by atoms with E-state index >= 15 is 0 Å². The van der Waals surface area contributed by atoms with Gasteiger partial charge < -0.3 is 14.8 Å². The highest BCUT2D eigenvalue weighted by Gasteiger charge is 2.43. The second-order valence-corrected chi connectivity index (χ2v) is 4.15. The number of pyridine rings is 1. The molecule has 1 aromatic heterocycles. The summed E-state index contributed by atoms with van der Waals surface area (Å²) in [4.78, 5) is 15.2. The fraction of sp³-hybridized carbons (Fsp3) is 0.0769. The van der Waals surface area contributed by atoms with Crippen LogP contribution in [0.1, 0.15) is 10.4 Å². The van der Waals surface area contributed by atoms with Gasteiger partial charge in [0, 0.05) is 18.0 Å². The highest BCUT2D eigenvalue weighted by atomic mass is 19.3. The Labute approximate surface area is 116 Å². The van der Waals surface area contributed by atoms with Crippen LogP contribution in [-0.4, -0.2) is 17.2 Å². The van der Waals surface area contributed by atoms with Gasteiger partial charge in [-0.1, -0.05) is 0 Å². The zero-order valence-corrected chi connectivity index (χ0v) is 10.3. The molecule has 1 amide bonds. The topological polar surface area (TPSA) is 60.5 Å². The van der Waals surface area contributed by atoms with Crippen LogP contribution in [0.25, 0.3) is 0 Å². The fourth-order valence-corrected chi connectivity index (χ4v) is 1.74. The summed E-state index contributed by atoms with van der Waals surface area (Å²) in [7, 11) is 0. The van der Waals surface area contributed by atoms with Crippen molar-refractivity contribution in [1.29, 1.82) is 0 Å². The van der Waals surface area contributed by atoms with Gasteiger partial charge in [-0.15, -0.1) is 8.78 Å². The van der Waals surface area contributed by atoms with Crippen LogP contribution < -0.4 is 14.8 Å². The van der Waals surface area contributed by atoms with Crippen molar-refractivity contribution in [2.24, 2.45) is 0 Å². The van der Waals surface area contributed by atoms with Crippen molar-refractivity contribution in [2.75, 3.05) is 5.32 Å². The van der Waals surface area contributed by atoms with Crippen molar-refractivity contribution >= 4 is 11.6 Å². The minimum Gasteiger partial charge on any atom is -0.395 e. The first-order valence-electron chi connectivity index (χ1n) is 5.76. The van der Waals surface area contributed by atoms with E-state index in [4.69, 9.17) is 0 Å². The van der Waals surface area contributed by atoms with Crippen LogP contribution in [0.15, 0.2) is 36.5 Å². The van der Waals surface area contributed by atoms with E-state index in [1.165, 1.54) is 24.3 Å². The van der Waals surface area contributed by atoms with Gasteiger partial charge in [0.2, 0.25) is 5.95 Å². The molecule has 21 heavy (non-hydrogen) atoms. The first-order chi connectivity index (χ1) is 9.93. The zero-order chi connectivity index (χ0) is 15.0. The number of alkyl halides is 2. The van der Waals surface area contributed by atoms with Crippen LogP contribution in [0.5, 0.6) is 11.5 Å². The maximum absolute atomic E-state index is 12.9. The number of halogens is 3. The molecule has 0 saturated heterocycles. The maximum Gasteiger partial charge on any atom is 0.586 e. The minimum atomic E-state index is -3.72. The third-order valence-electron chi connectivity index (χ3n) is 2.65. The number of carbonyl (C=O) groups is 1. The first-order valence-corrected chi connectivity index (χ1v) is 5.76. The molecule has 1 aromatic carbocycles. The monoisotopic (exact) mass is 296 g/mol. The molecule has 0 aliphatic carbocycles. The van der Waals surface area contributed by atoms with Gasteiger partial charge in [0.25, 0.3) is 5.91 Å². The molecular weight excluding hydrogens is 289 g/mol. The smallest absolute Gasteiger partial charge is 0.395 e. The molecule has 1 N–H and O–H groups in total. The molecular formula is C13H7F3N2O3. The Bertz CT molecular complexity index is 704. The SMILES string of the molecule is O=C(Nc1ccc2c(c1)OC(F)(F)O2)c1ccc(F)nc1. The number of ether oxygens (including phenoxy) is 2. The van der Waals surface area contributed by atoms with Crippen molar-refractivity contribution in [3.05, 3.63) is 48.0 Å². The summed E-state index contributed by atoms with van der Waals surface area (Å²) in [6.45, 7) is 0. The average Bonchev–Trinajstić information content (AvgIpc) is 2.72. The standard InChI is InChI=1S/C13H7F3N2O3/c14-11-4-1-7(6-17-11)12(19)18-8-2-3-9-10(5-8)21-13(15,16)20-9/h1-6H,(H,18,19). The molecule has 3 rings (SSSR count). The van der Waals surface area contributed by atoms with Gasteiger partial charge in [-0.3, -0.25) is 4.79 Å². The predicted octanol–water partition coefficient (Wildman–Crippen LogP) is 2.79. The molecule has 0 unspecified atom stereocenters. The number of benzene rings is 1. The van der Waals surface area contributed by atoms with Crippen LogP contribution in [0.4, 0.5) is 18.9 Å².